The lowest BCUT2D eigenvalue weighted by atomic mass is 10.1. The summed E-state index contributed by atoms with van der Waals surface area (Å²) in [7, 11) is 1.67. The smallest absolute Gasteiger partial charge is 0.119 e. The molecule has 0 saturated carbocycles. The molecular weight excluding hydrogens is 276 g/mol. The molecule has 0 radical (unpaired) electrons. The largest absolute Gasteiger partial charge is 0.497 e. The number of aromatic nitrogens is 1. The summed E-state index contributed by atoms with van der Waals surface area (Å²) < 4.78 is 11.2. The average molecular weight is 298 g/mol. The molecule has 1 aliphatic rings. The van der Waals surface area contributed by atoms with Crippen molar-refractivity contribution in [3.05, 3.63) is 54.4 Å². The second-order valence-corrected chi connectivity index (χ2v) is 5.62. The van der Waals surface area contributed by atoms with E-state index in [1.807, 2.05) is 36.7 Å². The minimum Gasteiger partial charge on any atom is -0.497 e. The summed E-state index contributed by atoms with van der Waals surface area (Å²) in [6.45, 7) is 3.14. The highest BCUT2D eigenvalue weighted by Gasteiger charge is 2.20. The number of pyridine rings is 1. The fourth-order valence-corrected chi connectivity index (χ4v) is 2.78. The van der Waals surface area contributed by atoms with Crippen molar-refractivity contribution in [2.45, 2.75) is 25.5 Å². The Morgan fingerprint density at radius 2 is 1.64 bits per heavy atom. The van der Waals surface area contributed by atoms with E-state index in [2.05, 4.69) is 22.0 Å². The van der Waals surface area contributed by atoms with Gasteiger partial charge in [-0.25, -0.2) is 0 Å². The van der Waals surface area contributed by atoms with Crippen molar-refractivity contribution in [2.75, 3.05) is 20.2 Å². The van der Waals surface area contributed by atoms with Gasteiger partial charge in [-0.2, -0.15) is 0 Å². The Hall–Kier alpha value is -2.07. The van der Waals surface area contributed by atoms with Crippen LogP contribution in [0.25, 0.3) is 0 Å². The van der Waals surface area contributed by atoms with Gasteiger partial charge in [0.2, 0.25) is 0 Å². The molecule has 0 atom stereocenters. The molecule has 0 N–H and O–H groups in total. The molecule has 2 aromatic rings. The molecule has 0 aliphatic carbocycles. The normalized spacial score (nSPS) is 16.4. The van der Waals surface area contributed by atoms with Gasteiger partial charge in [0.05, 0.1) is 7.11 Å². The van der Waals surface area contributed by atoms with Gasteiger partial charge in [0.25, 0.3) is 0 Å². The van der Waals surface area contributed by atoms with E-state index >= 15 is 0 Å². The molecule has 3 rings (SSSR count). The molecule has 1 fully saturated rings. The van der Waals surface area contributed by atoms with Crippen LogP contribution in [-0.4, -0.2) is 36.2 Å². The second-order valence-electron chi connectivity index (χ2n) is 5.62. The van der Waals surface area contributed by atoms with E-state index in [-0.39, 0.29) is 0 Å². The van der Waals surface area contributed by atoms with Gasteiger partial charge in [-0.1, -0.05) is 0 Å². The van der Waals surface area contributed by atoms with Crippen molar-refractivity contribution in [3.63, 3.8) is 0 Å². The number of hydrogen-bond acceptors (Lipinski definition) is 4. The van der Waals surface area contributed by atoms with Crippen LogP contribution in [0, 0.1) is 0 Å². The number of piperidine rings is 1. The van der Waals surface area contributed by atoms with E-state index in [4.69, 9.17) is 9.47 Å². The third-order valence-electron chi connectivity index (χ3n) is 4.05. The quantitative estimate of drug-likeness (QED) is 0.849. The number of hydrogen-bond donors (Lipinski definition) is 0. The number of benzene rings is 1. The van der Waals surface area contributed by atoms with E-state index in [1.165, 1.54) is 5.56 Å². The number of methoxy groups -OCH3 is 1. The molecule has 0 amide bonds. The summed E-state index contributed by atoms with van der Waals surface area (Å²) in [6.07, 6.45) is 6.15. The molecule has 4 heteroatoms. The minimum absolute atomic E-state index is 0.307. The molecule has 1 aromatic heterocycles. The van der Waals surface area contributed by atoms with E-state index in [9.17, 15) is 0 Å². The lowest BCUT2D eigenvalue weighted by molar-refractivity contribution is 0.0967. The van der Waals surface area contributed by atoms with Gasteiger partial charge in [0, 0.05) is 32.0 Å². The van der Waals surface area contributed by atoms with Gasteiger partial charge in [-0.15, -0.1) is 0 Å². The third kappa shape index (κ3) is 3.98. The summed E-state index contributed by atoms with van der Waals surface area (Å²) in [4.78, 5) is 6.54. The van der Waals surface area contributed by atoms with Crippen LogP contribution >= 0.6 is 0 Å². The maximum Gasteiger partial charge on any atom is 0.119 e. The fraction of sp³-hybridized carbons (Fsp3) is 0.389. The standard InChI is InChI=1S/C18H22N2O2/c1-21-16-2-4-17(5-3-16)22-18-8-12-20(13-9-18)14-15-6-10-19-11-7-15/h2-7,10-11,18H,8-9,12-14H2,1H3. The first kappa shape index (κ1) is 14.9. The molecular formula is C18H22N2O2. The lowest BCUT2D eigenvalue weighted by Gasteiger charge is -2.32. The molecule has 1 aliphatic heterocycles. The number of nitrogens with zero attached hydrogens (tertiary/aromatic N) is 2. The minimum atomic E-state index is 0.307. The van der Waals surface area contributed by atoms with Crippen LogP contribution < -0.4 is 9.47 Å². The lowest BCUT2D eigenvalue weighted by Crippen LogP contribution is -2.37. The highest BCUT2D eigenvalue weighted by molar-refractivity contribution is 5.31. The molecule has 1 saturated heterocycles. The van der Waals surface area contributed by atoms with Gasteiger partial charge >= 0.3 is 0 Å². The van der Waals surface area contributed by atoms with Crippen LogP contribution in [-0.2, 0) is 6.54 Å². The molecule has 2 heterocycles. The molecule has 1 aromatic carbocycles. The van der Waals surface area contributed by atoms with Crippen LogP contribution in [0.4, 0.5) is 0 Å². The van der Waals surface area contributed by atoms with Gasteiger partial charge in [-0.05, 0) is 54.8 Å². The predicted octanol–water partition coefficient (Wildman–Crippen LogP) is 3.13. The Morgan fingerprint density at radius 1 is 1.00 bits per heavy atom. The van der Waals surface area contributed by atoms with E-state index in [0.717, 1.165) is 44.0 Å². The number of rotatable bonds is 5. The van der Waals surface area contributed by atoms with Gasteiger partial charge < -0.3 is 9.47 Å². The van der Waals surface area contributed by atoms with Crippen LogP contribution in [0.15, 0.2) is 48.8 Å². The van der Waals surface area contributed by atoms with Crippen molar-refractivity contribution in [1.82, 2.24) is 9.88 Å². The van der Waals surface area contributed by atoms with E-state index in [0.29, 0.717) is 6.10 Å². The molecule has 0 bridgehead atoms. The molecule has 0 spiro atoms. The third-order valence-corrected chi connectivity index (χ3v) is 4.05. The van der Waals surface area contributed by atoms with Crippen LogP contribution in [0.1, 0.15) is 18.4 Å². The zero-order valence-corrected chi connectivity index (χ0v) is 12.9. The molecule has 116 valence electrons. The van der Waals surface area contributed by atoms with Crippen LogP contribution in [0.5, 0.6) is 11.5 Å². The number of likely N-dealkylation sites (tertiary alicyclic amines) is 1. The first-order chi connectivity index (χ1) is 10.8. The Kier molecular flexibility index (Phi) is 4.91. The summed E-state index contributed by atoms with van der Waals surface area (Å²) in [5, 5.41) is 0. The number of ether oxygens (including phenoxy) is 2. The highest BCUT2D eigenvalue weighted by atomic mass is 16.5. The topological polar surface area (TPSA) is 34.6 Å². The first-order valence-corrected chi connectivity index (χ1v) is 7.75. The van der Waals surface area contributed by atoms with Gasteiger partial charge in [-0.3, -0.25) is 9.88 Å². The Bertz CT molecular complexity index is 563. The Balaban J connectivity index is 1.47. The summed E-state index contributed by atoms with van der Waals surface area (Å²) in [5.74, 6) is 1.79. The predicted molar refractivity (Wildman–Crippen MR) is 86.2 cm³/mol. The van der Waals surface area contributed by atoms with Crippen LogP contribution in [0.3, 0.4) is 0 Å². The summed E-state index contributed by atoms with van der Waals surface area (Å²) in [6, 6.07) is 12.0. The second kappa shape index (κ2) is 7.27. The summed E-state index contributed by atoms with van der Waals surface area (Å²) >= 11 is 0. The zero-order valence-electron chi connectivity index (χ0n) is 12.9. The first-order valence-electron chi connectivity index (χ1n) is 7.75. The monoisotopic (exact) mass is 298 g/mol. The van der Waals surface area contributed by atoms with Crippen molar-refractivity contribution in [1.29, 1.82) is 0 Å². The van der Waals surface area contributed by atoms with E-state index < -0.39 is 0 Å². The maximum absolute atomic E-state index is 6.06. The SMILES string of the molecule is COc1ccc(OC2CCN(Cc3ccncc3)CC2)cc1. The van der Waals surface area contributed by atoms with Gasteiger partial charge in [0.15, 0.2) is 0 Å². The average Bonchev–Trinajstić information content (AvgIpc) is 2.58. The fourth-order valence-electron chi connectivity index (χ4n) is 2.78. The van der Waals surface area contributed by atoms with Crippen molar-refractivity contribution in [2.24, 2.45) is 0 Å². The Labute approximate surface area is 131 Å². The highest BCUT2D eigenvalue weighted by Crippen LogP contribution is 2.22. The van der Waals surface area contributed by atoms with Crippen molar-refractivity contribution < 1.29 is 9.47 Å². The molecule has 22 heavy (non-hydrogen) atoms. The summed E-state index contributed by atoms with van der Waals surface area (Å²) in [5.41, 5.74) is 1.32. The van der Waals surface area contributed by atoms with Crippen molar-refractivity contribution in [3.8, 4) is 11.5 Å². The van der Waals surface area contributed by atoms with Crippen LogP contribution in [0.2, 0.25) is 0 Å². The van der Waals surface area contributed by atoms with E-state index in [1.54, 1.807) is 7.11 Å². The Morgan fingerprint density at radius 3 is 2.27 bits per heavy atom. The molecule has 0 unspecified atom stereocenters. The zero-order chi connectivity index (χ0) is 15.2. The molecule has 4 nitrogen and oxygen atoms in total. The maximum atomic E-state index is 6.06. The van der Waals surface area contributed by atoms with Crippen molar-refractivity contribution >= 4 is 0 Å². The van der Waals surface area contributed by atoms with Gasteiger partial charge in [0.1, 0.15) is 17.6 Å².